The van der Waals surface area contributed by atoms with Gasteiger partial charge in [-0.05, 0) is 30.9 Å². The van der Waals surface area contributed by atoms with Crippen LogP contribution in [0.1, 0.15) is 30.8 Å². The average molecular weight is 259 g/mol. The van der Waals surface area contributed by atoms with Crippen LogP contribution in [0.15, 0.2) is 18.2 Å². The molecule has 0 bridgehead atoms. The summed E-state index contributed by atoms with van der Waals surface area (Å²) in [6.45, 7) is 4.67. The van der Waals surface area contributed by atoms with Gasteiger partial charge in [-0.15, -0.1) is 0 Å². The highest BCUT2D eigenvalue weighted by Crippen LogP contribution is 2.36. The molecule has 5 heteroatoms. The summed E-state index contributed by atoms with van der Waals surface area (Å²) < 4.78 is 0. The topological polar surface area (TPSA) is 69.2 Å². The van der Waals surface area contributed by atoms with Crippen LogP contribution < -0.4 is 0 Å². The van der Waals surface area contributed by atoms with Crippen molar-refractivity contribution in [2.45, 2.75) is 26.3 Å². The number of likely N-dealkylation sites (tertiary alicyclic amines) is 1. The van der Waals surface area contributed by atoms with E-state index in [2.05, 4.69) is 16.9 Å². The quantitative estimate of drug-likeness (QED) is 0.827. The summed E-state index contributed by atoms with van der Waals surface area (Å²) in [5, 5.41) is 9.28. The van der Waals surface area contributed by atoms with E-state index in [1.165, 1.54) is 4.90 Å². The lowest BCUT2D eigenvalue weighted by Crippen LogP contribution is -2.30. The molecule has 1 fully saturated rings. The Kier molecular flexibility index (Phi) is 2.69. The normalized spacial score (nSPS) is 23.2. The maximum atomic E-state index is 11.3. The number of carbonyl (C=O) groups is 1. The van der Waals surface area contributed by atoms with E-state index in [-0.39, 0.29) is 12.0 Å². The van der Waals surface area contributed by atoms with E-state index in [1.54, 1.807) is 0 Å². The number of aromatic nitrogens is 2. The Morgan fingerprint density at radius 1 is 1.53 bits per heavy atom. The van der Waals surface area contributed by atoms with Crippen LogP contribution >= 0.6 is 0 Å². The lowest BCUT2D eigenvalue weighted by atomic mass is 10.0. The molecule has 0 radical (unpaired) electrons. The van der Waals surface area contributed by atoms with Crippen molar-refractivity contribution in [3.8, 4) is 0 Å². The number of H-pyrrole nitrogens is 1. The monoisotopic (exact) mass is 259 g/mol. The summed E-state index contributed by atoms with van der Waals surface area (Å²) in [6, 6.07) is 5.81. The standard InChI is InChI=1S/C14H17N3O2/c1-8-4-3-5-10-11(8)16-13(15-10)12-9(2)6-7-17(12)14(18)19/h3-5,9,12H,6-7H2,1-2H3,(H,15,16)(H,18,19)/t9-,12-/m0/s1. The van der Waals surface area contributed by atoms with Crippen LogP contribution in [0.5, 0.6) is 0 Å². The van der Waals surface area contributed by atoms with Crippen LogP contribution in [0.4, 0.5) is 4.79 Å². The first-order valence-corrected chi connectivity index (χ1v) is 6.52. The number of fused-ring (bicyclic) bond motifs is 1. The fourth-order valence-corrected chi connectivity index (χ4v) is 2.91. The van der Waals surface area contributed by atoms with Crippen LogP contribution in [0.25, 0.3) is 11.0 Å². The van der Waals surface area contributed by atoms with Gasteiger partial charge >= 0.3 is 6.09 Å². The molecule has 1 aromatic carbocycles. The van der Waals surface area contributed by atoms with E-state index in [1.807, 2.05) is 25.1 Å². The van der Waals surface area contributed by atoms with Crippen molar-refractivity contribution >= 4 is 17.1 Å². The number of amides is 1. The number of carboxylic acid groups (broad SMARTS) is 1. The molecule has 1 aromatic heterocycles. The Hall–Kier alpha value is -2.04. The summed E-state index contributed by atoms with van der Waals surface area (Å²) in [4.78, 5) is 20.7. The molecule has 2 heterocycles. The zero-order chi connectivity index (χ0) is 13.6. The van der Waals surface area contributed by atoms with Gasteiger partial charge in [0.15, 0.2) is 0 Å². The molecule has 1 aliphatic rings. The molecule has 5 nitrogen and oxygen atoms in total. The van der Waals surface area contributed by atoms with Gasteiger partial charge in [-0.3, -0.25) is 4.90 Å². The number of rotatable bonds is 1. The van der Waals surface area contributed by atoms with E-state index in [0.717, 1.165) is 28.8 Å². The lowest BCUT2D eigenvalue weighted by molar-refractivity contribution is 0.134. The van der Waals surface area contributed by atoms with Gasteiger partial charge in [0.25, 0.3) is 0 Å². The lowest BCUT2D eigenvalue weighted by Gasteiger charge is -2.22. The second-order valence-electron chi connectivity index (χ2n) is 5.28. The van der Waals surface area contributed by atoms with Crippen molar-refractivity contribution in [2.75, 3.05) is 6.54 Å². The molecule has 0 aliphatic carbocycles. The van der Waals surface area contributed by atoms with Crippen LogP contribution in [-0.4, -0.2) is 32.6 Å². The Labute approximate surface area is 111 Å². The summed E-state index contributed by atoms with van der Waals surface area (Å²) in [5.74, 6) is 1.05. The number of hydrogen-bond donors (Lipinski definition) is 2. The smallest absolute Gasteiger partial charge is 0.407 e. The van der Waals surface area contributed by atoms with Crippen molar-refractivity contribution < 1.29 is 9.90 Å². The van der Waals surface area contributed by atoms with Crippen LogP contribution in [0, 0.1) is 12.8 Å². The van der Waals surface area contributed by atoms with Crippen molar-refractivity contribution in [1.82, 2.24) is 14.9 Å². The number of nitrogens with one attached hydrogen (secondary N) is 1. The highest BCUT2D eigenvalue weighted by molar-refractivity contribution is 5.78. The minimum Gasteiger partial charge on any atom is -0.465 e. The number of imidazole rings is 1. The molecule has 0 spiro atoms. The first-order chi connectivity index (χ1) is 9.08. The first-order valence-electron chi connectivity index (χ1n) is 6.52. The zero-order valence-corrected chi connectivity index (χ0v) is 11.1. The Balaban J connectivity index is 2.07. The molecule has 19 heavy (non-hydrogen) atoms. The second kappa shape index (κ2) is 4.26. The third-order valence-corrected chi connectivity index (χ3v) is 3.96. The number of para-hydroxylation sites is 1. The maximum Gasteiger partial charge on any atom is 0.407 e. The minimum atomic E-state index is -0.869. The number of aromatic amines is 1. The summed E-state index contributed by atoms with van der Waals surface area (Å²) in [5.41, 5.74) is 3.01. The maximum absolute atomic E-state index is 11.3. The second-order valence-corrected chi connectivity index (χ2v) is 5.28. The molecule has 1 saturated heterocycles. The minimum absolute atomic E-state index is 0.163. The third kappa shape index (κ3) is 1.85. The van der Waals surface area contributed by atoms with Crippen LogP contribution in [-0.2, 0) is 0 Å². The fraction of sp³-hybridized carbons (Fsp3) is 0.429. The van der Waals surface area contributed by atoms with Gasteiger partial charge in [-0.25, -0.2) is 9.78 Å². The largest absolute Gasteiger partial charge is 0.465 e. The molecule has 2 atom stereocenters. The molecule has 0 unspecified atom stereocenters. The molecular weight excluding hydrogens is 242 g/mol. The van der Waals surface area contributed by atoms with Gasteiger partial charge in [-0.2, -0.15) is 0 Å². The molecule has 1 aliphatic heterocycles. The first kappa shape index (κ1) is 12.0. The molecule has 100 valence electrons. The van der Waals surface area contributed by atoms with Crippen LogP contribution in [0.3, 0.4) is 0 Å². The van der Waals surface area contributed by atoms with Crippen molar-refractivity contribution in [3.05, 3.63) is 29.6 Å². The van der Waals surface area contributed by atoms with Gasteiger partial charge in [-0.1, -0.05) is 19.1 Å². The average Bonchev–Trinajstić information content (AvgIpc) is 2.92. The number of nitrogens with zero attached hydrogens (tertiary/aromatic N) is 2. The molecule has 1 amide bonds. The highest BCUT2D eigenvalue weighted by Gasteiger charge is 2.37. The Morgan fingerprint density at radius 3 is 3.00 bits per heavy atom. The number of hydrogen-bond acceptors (Lipinski definition) is 2. The molecule has 0 saturated carbocycles. The van der Waals surface area contributed by atoms with Gasteiger partial charge in [0.2, 0.25) is 0 Å². The summed E-state index contributed by atoms with van der Waals surface area (Å²) in [7, 11) is 0. The summed E-state index contributed by atoms with van der Waals surface area (Å²) >= 11 is 0. The van der Waals surface area contributed by atoms with E-state index < -0.39 is 6.09 Å². The third-order valence-electron chi connectivity index (χ3n) is 3.96. The molecule has 2 N–H and O–H groups in total. The van der Waals surface area contributed by atoms with E-state index in [4.69, 9.17) is 0 Å². The van der Waals surface area contributed by atoms with E-state index in [9.17, 15) is 9.90 Å². The molecule has 3 rings (SSSR count). The SMILES string of the molecule is Cc1cccc2[nH]c([C@@H]3[C@@H](C)CCN3C(=O)O)nc12. The zero-order valence-electron chi connectivity index (χ0n) is 11.1. The van der Waals surface area contributed by atoms with Gasteiger partial charge < -0.3 is 10.1 Å². The van der Waals surface area contributed by atoms with E-state index in [0.29, 0.717) is 6.54 Å². The number of benzene rings is 1. The van der Waals surface area contributed by atoms with Gasteiger partial charge in [0.05, 0.1) is 17.1 Å². The Morgan fingerprint density at radius 2 is 2.32 bits per heavy atom. The van der Waals surface area contributed by atoms with Gasteiger partial charge in [0.1, 0.15) is 5.82 Å². The van der Waals surface area contributed by atoms with Crippen molar-refractivity contribution in [3.63, 3.8) is 0 Å². The molecular formula is C14H17N3O2. The fourth-order valence-electron chi connectivity index (χ4n) is 2.91. The predicted octanol–water partition coefficient (Wildman–Crippen LogP) is 2.93. The predicted molar refractivity (Wildman–Crippen MR) is 72.1 cm³/mol. The van der Waals surface area contributed by atoms with Crippen molar-refractivity contribution in [2.24, 2.45) is 5.92 Å². The number of aryl methyl sites for hydroxylation is 1. The van der Waals surface area contributed by atoms with Gasteiger partial charge in [0, 0.05) is 6.54 Å². The summed E-state index contributed by atoms with van der Waals surface area (Å²) in [6.07, 6.45) is 0.0130. The Bertz CT molecular complexity index is 635. The van der Waals surface area contributed by atoms with E-state index >= 15 is 0 Å². The van der Waals surface area contributed by atoms with Crippen molar-refractivity contribution in [1.29, 1.82) is 0 Å². The highest BCUT2D eigenvalue weighted by atomic mass is 16.4. The van der Waals surface area contributed by atoms with Crippen LogP contribution in [0.2, 0.25) is 0 Å². The molecule has 2 aromatic rings.